The standard InChI is InChI=1S/C18H27N3OS/c1-11(2)3-4-15(22)19-17-21-20-16(23-17)18-8-12-5-13(9-18)7-14(6-12)10-18/h11-14H,3-10H2,1-2H3,(H,19,21,22). The van der Waals surface area contributed by atoms with Gasteiger partial charge in [0.1, 0.15) is 5.01 Å². The predicted molar refractivity (Wildman–Crippen MR) is 92.5 cm³/mol. The Morgan fingerprint density at radius 3 is 2.35 bits per heavy atom. The molecule has 0 unspecified atom stereocenters. The summed E-state index contributed by atoms with van der Waals surface area (Å²) < 4.78 is 0. The van der Waals surface area contributed by atoms with Crippen molar-refractivity contribution in [2.24, 2.45) is 23.7 Å². The Labute approximate surface area is 142 Å². The topological polar surface area (TPSA) is 54.9 Å². The number of hydrogen-bond acceptors (Lipinski definition) is 4. The van der Waals surface area contributed by atoms with Gasteiger partial charge in [0.15, 0.2) is 0 Å². The van der Waals surface area contributed by atoms with Crippen molar-refractivity contribution in [1.29, 1.82) is 0 Å². The molecule has 0 saturated heterocycles. The van der Waals surface area contributed by atoms with E-state index in [0.717, 1.165) is 24.2 Å². The summed E-state index contributed by atoms with van der Waals surface area (Å²) in [5.74, 6) is 3.36. The van der Waals surface area contributed by atoms with Crippen LogP contribution in [0.2, 0.25) is 0 Å². The monoisotopic (exact) mass is 333 g/mol. The van der Waals surface area contributed by atoms with Crippen LogP contribution in [0.4, 0.5) is 5.13 Å². The molecule has 1 N–H and O–H groups in total. The molecule has 1 aromatic heterocycles. The van der Waals surface area contributed by atoms with Gasteiger partial charge < -0.3 is 5.32 Å². The van der Waals surface area contributed by atoms with Gasteiger partial charge in [-0.25, -0.2) is 0 Å². The average Bonchev–Trinajstić information content (AvgIpc) is 2.93. The van der Waals surface area contributed by atoms with Gasteiger partial charge in [-0.15, -0.1) is 10.2 Å². The number of carbonyl (C=O) groups excluding carboxylic acids is 1. The summed E-state index contributed by atoms with van der Waals surface area (Å²) in [5, 5.41) is 13.6. The van der Waals surface area contributed by atoms with Crippen LogP contribution in [-0.4, -0.2) is 16.1 Å². The number of hydrogen-bond donors (Lipinski definition) is 1. The fourth-order valence-electron chi connectivity index (χ4n) is 5.46. The summed E-state index contributed by atoms with van der Waals surface area (Å²) in [6.07, 6.45) is 9.72. The maximum Gasteiger partial charge on any atom is 0.226 e. The Kier molecular flexibility index (Phi) is 3.94. The van der Waals surface area contributed by atoms with Gasteiger partial charge in [-0.05, 0) is 68.6 Å². The zero-order valence-corrected chi connectivity index (χ0v) is 15.0. The van der Waals surface area contributed by atoms with Crippen LogP contribution in [0.1, 0.15) is 70.2 Å². The summed E-state index contributed by atoms with van der Waals surface area (Å²) in [7, 11) is 0. The first kappa shape index (κ1) is 15.6. The molecule has 126 valence electrons. The third-order valence-electron chi connectivity index (χ3n) is 6.11. The number of aromatic nitrogens is 2. The van der Waals surface area contributed by atoms with Crippen molar-refractivity contribution < 1.29 is 4.79 Å². The van der Waals surface area contributed by atoms with Crippen LogP contribution in [0, 0.1) is 23.7 Å². The van der Waals surface area contributed by atoms with Crippen LogP contribution in [-0.2, 0) is 10.2 Å². The van der Waals surface area contributed by atoms with E-state index in [9.17, 15) is 4.79 Å². The maximum atomic E-state index is 12.0. The average molecular weight is 334 g/mol. The van der Waals surface area contributed by atoms with Crippen LogP contribution in [0.3, 0.4) is 0 Å². The van der Waals surface area contributed by atoms with Gasteiger partial charge in [-0.3, -0.25) is 4.79 Å². The molecule has 1 heterocycles. The number of rotatable bonds is 5. The normalized spacial score (nSPS) is 35.0. The van der Waals surface area contributed by atoms with Crippen molar-refractivity contribution in [3.05, 3.63) is 5.01 Å². The predicted octanol–water partition coefficient (Wildman–Crippen LogP) is 4.38. The summed E-state index contributed by atoms with van der Waals surface area (Å²) in [6.45, 7) is 4.28. The maximum absolute atomic E-state index is 12.0. The summed E-state index contributed by atoms with van der Waals surface area (Å²) in [6, 6.07) is 0. The first-order valence-electron chi connectivity index (χ1n) is 9.16. The Morgan fingerprint density at radius 2 is 1.78 bits per heavy atom. The van der Waals surface area contributed by atoms with E-state index in [1.807, 2.05) is 0 Å². The molecule has 0 aromatic carbocycles. The molecular weight excluding hydrogens is 306 g/mol. The molecule has 4 aliphatic carbocycles. The lowest BCUT2D eigenvalue weighted by Crippen LogP contribution is -2.48. The molecule has 5 rings (SSSR count). The first-order valence-corrected chi connectivity index (χ1v) is 9.98. The quantitative estimate of drug-likeness (QED) is 0.870. The molecule has 0 aliphatic heterocycles. The Bertz CT molecular complexity index is 560. The zero-order valence-electron chi connectivity index (χ0n) is 14.2. The minimum Gasteiger partial charge on any atom is -0.301 e. The highest BCUT2D eigenvalue weighted by Crippen LogP contribution is 2.61. The summed E-state index contributed by atoms with van der Waals surface area (Å²) in [5.41, 5.74) is 0.285. The number of nitrogens with zero attached hydrogens (tertiary/aromatic N) is 2. The lowest BCUT2D eigenvalue weighted by Gasteiger charge is -2.55. The smallest absolute Gasteiger partial charge is 0.226 e. The molecule has 4 nitrogen and oxygen atoms in total. The molecule has 4 fully saturated rings. The lowest BCUT2D eigenvalue weighted by molar-refractivity contribution is -0.116. The van der Waals surface area contributed by atoms with Gasteiger partial charge in [-0.1, -0.05) is 25.2 Å². The third-order valence-corrected chi connectivity index (χ3v) is 7.20. The van der Waals surface area contributed by atoms with Crippen molar-refractivity contribution in [3.63, 3.8) is 0 Å². The highest BCUT2D eigenvalue weighted by molar-refractivity contribution is 7.15. The Hall–Kier alpha value is -0.970. The third kappa shape index (κ3) is 3.04. The first-order chi connectivity index (χ1) is 11.0. The second-order valence-electron chi connectivity index (χ2n) is 8.59. The zero-order chi connectivity index (χ0) is 16.0. The number of carbonyl (C=O) groups is 1. The molecule has 0 atom stereocenters. The SMILES string of the molecule is CC(C)CCC(=O)Nc1nnc(C23CC4CC(CC(C4)C2)C3)s1. The molecule has 5 heteroatoms. The van der Waals surface area contributed by atoms with E-state index in [2.05, 4.69) is 29.4 Å². The fraction of sp³-hybridized carbons (Fsp3) is 0.833. The highest BCUT2D eigenvalue weighted by Gasteiger charge is 2.53. The molecule has 4 bridgehead atoms. The van der Waals surface area contributed by atoms with Gasteiger partial charge in [0.2, 0.25) is 11.0 Å². The second kappa shape index (κ2) is 5.83. The molecule has 0 radical (unpaired) electrons. The van der Waals surface area contributed by atoms with Crippen molar-refractivity contribution >= 4 is 22.4 Å². The highest BCUT2D eigenvalue weighted by atomic mass is 32.1. The molecular formula is C18H27N3OS. The molecule has 1 aromatic rings. The van der Waals surface area contributed by atoms with E-state index < -0.39 is 0 Å². The minimum atomic E-state index is 0.0758. The van der Waals surface area contributed by atoms with E-state index >= 15 is 0 Å². The molecule has 0 spiro atoms. The van der Waals surface area contributed by atoms with Crippen molar-refractivity contribution in [1.82, 2.24) is 10.2 Å². The molecule has 4 saturated carbocycles. The Balaban J connectivity index is 1.45. The van der Waals surface area contributed by atoms with E-state index in [1.54, 1.807) is 11.3 Å². The summed E-state index contributed by atoms with van der Waals surface area (Å²) in [4.78, 5) is 12.0. The Morgan fingerprint density at radius 1 is 1.17 bits per heavy atom. The molecule has 23 heavy (non-hydrogen) atoms. The van der Waals surface area contributed by atoms with Crippen LogP contribution in [0.25, 0.3) is 0 Å². The van der Waals surface area contributed by atoms with Crippen LogP contribution in [0.15, 0.2) is 0 Å². The summed E-state index contributed by atoms with van der Waals surface area (Å²) >= 11 is 1.63. The minimum absolute atomic E-state index is 0.0758. The van der Waals surface area contributed by atoms with E-state index in [4.69, 9.17) is 0 Å². The molecule has 4 aliphatic rings. The van der Waals surface area contributed by atoms with Gasteiger partial charge in [0.25, 0.3) is 0 Å². The fourth-order valence-corrected chi connectivity index (χ4v) is 6.44. The van der Waals surface area contributed by atoms with Crippen LogP contribution < -0.4 is 5.32 Å². The number of nitrogens with one attached hydrogen (secondary N) is 1. The van der Waals surface area contributed by atoms with E-state index in [1.165, 1.54) is 43.5 Å². The van der Waals surface area contributed by atoms with Crippen molar-refractivity contribution in [2.45, 2.75) is 70.6 Å². The van der Waals surface area contributed by atoms with Gasteiger partial charge >= 0.3 is 0 Å². The van der Waals surface area contributed by atoms with E-state index in [-0.39, 0.29) is 11.3 Å². The molecule has 1 amide bonds. The van der Waals surface area contributed by atoms with Gasteiger partial charge in [0, 0.05) is 11.8 Å². The second-order valence-corrected chi connectivity index (χ2v) is 9.57. The van der Waals surface area contributed by atoms with Crippen LogP contribution >= 0.6 is 11.3 Å². The van der Waals surface area contributed by atoms with Gasteiger partial charge in [-0.2, -0.15) is 0 Å². The lowest BCUT2D eigenvalue weighted by atomic mass is 9.50. The number of anilines is 1. The van der Waals surface area contributed by atoms with Gasteiger partial charge in [0.05, 0.1) is 0 Å². The van der Waals surface area contributed by atoms with Crippen molar-refractivity contribution in [2.75, 3.05) is 5.32 Å². The van der Waals surface area contributed by atoms with E-state index in [0.29, 0.717) is 17.5 Å². The number of amides is 1. The van der Waals surface area contributed by atoms with Crippen LogP contribution in [0.5, 0.6) is 0 Å². The van der Waals surface area contributed by atoms with Crippen molar-refractivity contribution in [3.8, 4) is 0 Å². The largest absolute Gasteiger partial charge is 0.301 e.